The minimum atomic E-state index is -0.849. The number of β-amino-alcohol motifs (C(OH)–C–C–N with tert-alkyl or cyclic N) is 1. The summed E-state index contributed by atoms with van der Waals surface area (Å²) >= 11 is 0. The fourth-order valence-electron chi connectivity index (χ4n) is 2.55. The van der Waals surface area contributed by atoms with Crippen LogP contribution in [0.25, 0.3) is 0 Å². The van der Waals surface area contributed by atoms with E-state index in [4.69, 9.17) is 9.47 Å². The Labute approximate surface area is 139 Å². The Morgan fingerprint density at radius 1 is 1.17 bits per heavy atom. The molecule has 1 heterocycles. The second-order valence-electron chi connectivity index (χ2n) is 5.63. The molecular weight excluding hydrogens is 313 g/mol. The summed E-state index contributed by atoms with van der Waals surface area (Å²) < 4.78 is 24.0. The van der Waals surface area contributed by atoms with Crippen LogP contribution in [-0.2, 0) is 11.3 Å². The van der Waals surface area contributed by atoms with Crippen LogP contribution >= 0.6 is 0 Å². The van der Waals surface area contributed by atoms with E-state index in [1.54, 1.807) is 6.07 Å². The van der Waals surface area contributed by atoms with E-state index in [1.807, 2.05) is 30.3 Å². The van der Waals surface area contributed by atoms with Crippen LogP contribution in [0.4, 0.5) is 9.18 Å². The van der Waals surface area contributed by atoms with Crippen molar-refractivity contribution in [2.75, 3.05) is 13.1 Å². The molecule has 1 aliphatic heterocycles. The Bertz CT molecular complexity index is 694. The first-order valence-corrected chi connectivity index (χ1v) is 7.68. The molecule has 2 unspecified atom stereocenters. The molecule has 2 aromatic rings. The molecule has 24 heavy (non-hydrogen) atoms. The number of aliphatic hydroxyl groups excluding tert-OH is 1. The zero-order valence-corrected chi connectivity index (χ0v) is 13.0. The molecule has 1 saturated heterocycles. The molecule has 2 aromatic carbocycles. The highest BCUT2D eigenvalue weighted by atomic mass is 19.1. The number of halogens is 1. The molecule has 0 aliphatic carbocycles. The van der Waals surface area contributed by atoms with Crippen molar-refractivity contribution in [2.45, 2.75) is 18.8 Å². The van der Waals surface area contributed by atoms with Crippen molar-refractivity contribution in [1.29, 1.82) is 0 Å². The number of amides is 1. The van der Waals surface area contributed by atoms with E-state index in [9.17, 15) is 14.3 Å². The standard InChI is InChI=1S/C18H18FNO4/c19-14-7-4-8-15(9-14)24-17-11-20(10-16(17)21)18(22)23-12-13-5-2-1-3-6-13/h1-9,16-17,21H,10-12H2. The van der Waals surface area contributed by atoms with Crippen molar-refractivity contribution in [3.8, 4) is 5.75 Å². The first-order chi connectivity index (χ1) is 11.6. The molecule has 126 valence electrons. The molecule has 0 saturated carbocycles. The summed E-state index contributed by atoms with van der Waals surface area (Å²) in [5, 5.41) is 10.1. The Morgan fingerprint density at radius 2 is 1.96 bits per heavy atom. The first kappa shape index (κ1) is 16.3. The largest absolute Gasteiger partial charge is 0.486 e. The van der Waals surface area contributed by atoms with Gasteiger partial charge in [-0.15, -0.1) is 0 Å². The normalized spacial score (nSPS) is 20.0. The molecule has 0 bridgehead atoms. The second kappa shape index (κ2) is 7.31. The third-order valence-electron chi connectivity index (χ3n) is 3.78. The van der Waals surface area contributed by atoms with E-state index in [-0.39, 0.29) is 19.7 Å². The van der Waals surface area contributed by atoms with Gasteiger partial charge in [0, 0.05) is 6.07 Å². The van der Waals surface area contributed by atoms with Gasteiger partial charge in [0.1, 0.15) is 30.4 Å². The summed E-state index contributed by atoms with van der Waals surface area (Å²) in [5.41, 5.74) is 0.887. The number of rotatable bonds is 4. The van der Waals surface area contributed by atoms with Gasteiger partial charge in [-0.25, -0.2) is 9.18 Å². The van der Waals surface area contributed by atoms with Gasteiger partial charge >= 0.3 is 6.09 Å². The molecule has 1 aliphatic rings. The fraction of sp³-hybridized carbons (Fsp3) is 0.278. The van der Waals surface area contributed by atoms with Crippen molar-refractivity contribution < 1.29 is 23.8 Å². The van der Waals surface area contributed by atoms with E-state index in [2.05, 4.69) is 0 Å². The summed E-state index contributed by atoms with van der Waals surface area (Å²) in [7, 11) is 0. The maximum atomic E-state index is 13.2. The quantitative estimate of drug-likeness (QED) is 0.935. The van der Waals surface area contributed by atoms with Crippen LogP contribution < -0.4 is 4.74 Å². The SMILES string of the molecule is O=C(OCc1ccccc1)N1CC(O)C(Oc2cccc(F)c2)C1. The monoisotopic (exact) mass is 331 g/mol. The average molecular weight is 331 g/mol. The number of hydrogen-bond donors (Lipinski definition) is 1. The van der Waals surface area contributed by atoms with Gasteiger partial charge in [0.2, 0.25) is 0 Å². The average Bonchev–Trinajstić information content (AvgIpc) is 2.94. The van der Waals surface area contributed by atoms with Crippen LogP contribution in [0.15, 0.2) is 54.6 Å². The molecule has 3 rings (SSSR count). The molecular formula is C18H18FNO4. The molecule has 0 aromatic heterocycles. The summed E-state index contributed by atoms with van der Waals surface area (Å²) in [5.74, 6) is -0.0994. The van der Waals surface area contributed by atoms with Crippen molar-refractivity contribution in [3.05, 3.63) is 66.0 Å². The van der Waals surface area contributed by atoms with E-state index in [0.29, 0.717) is 5.75 Å². The van der Waals surface area contributed by atoms with Crippen molar-refractivity contribution in [3.63, 3.8) is 0 Å². The van der Waals surface area contributed by atoms with E-state index in [1.165, 1.54) is 23.1 Å². The summed E-state index contributed by atoms with van der Waals surface area (Å²) in [4.78, 5) is 13.5. The molecule has 1 N–H and O–H groups in total. The summed E-state index contributed by atoms with van der Waals surface area (Å²) in [6, 6.07) is 15.0. The number of aliphatic hydroxyl groups is 1. The van der Waals surface area contributed by atoms with Crippen LogP contribution in [0, 0.1) is 5.82 Å². The number of nitrogens with zero attached hydrogens (tertiary/aromatic N) is 1. The lowest BCUT2D eigenvalue weighted by Gasteiger charge is -2.17. The Kier molecular flexibility index (Phi) is 4.96. The topological polar surface area (TPSA) is 59.0 Å². The van der Waals surface area contributed by atoms with Gasteiger partial charge in [0.05, 0.1) is 13.1 Å². The molecule has 0 radical (unpaired) electrons. The number of carbonyl (C=O) groups is 1. The Morgan fingerprint density at radius 3 is 2.71 bits per heavy atom. The first-order valence-electron chi connectivity index (χ1n) is 7.68. The third-order valence-corrected chi connectivity index (χ3v) is 3.78. The van der Waals surface area contributed by atoms with Crippen LogP contribution in [0.1, 0.15) is 5.56 Å². The van der Waals surface area contributed by atoms with E-state index in [0.717, 1.165) is 5.56 Å². The van der Waals surface area contributed by atoms with E-state index >= 15 is 0 Å². The van der Waals surface area contributed by atoms with Crippen LogP contribution in [-0.4, -0.2) is 41.4 Å². The van der Waals surface area contributed by atoms with Gasteiger partial charge in [-0.3, -0.25) is 0 Å². The highest BCUT2D eigenvalue weighted by molar-refractivity contribution is 5.68. The minimum absolute atomic E-state index is 0.119. The van der Waals surface area contributed by atoms with Gasteiger partial charge in [0.25, 0.3) is 0 Å². The van der Waals surface area contributed by atoms with Gasteiger partial charge in [-0.05, 0) is 17.7 Å². The highest BCUT2D eigenvalue weighted by Gasteiger charge is 2.36. The third kappa shape index (κ3) is 4.02. The zero-order chi connectivity index (χ0) is 16.9. The molecule has 1 amide bonds. The molecule has 2 atom stereocenters. The second-order valence-corrected chi connectivity index (χ2v) is 5.63. The Balaban J connectivity index is 1.54. The highest BCUT2D eigenvalue weighted by Crippen LogP contribution is 2.20. The molecule has 6 heteroatoms. The maximum absolute atomic E-state index is 13.2. The maximum Gasteiger partial charge on any atom is 0.410 e. The number of likely N-dealkylation sites (tertiary alicyclic amines) is 1. The number of carbonyl (C=O) groups excluding carboxylic acids is 1. The number of benzene rings is 2. The lowest BCUT2D eigenvalue weighted by Crippen LogP contribution is -2.31. The minimum Gasteiger partial charge on any atom is -0.486 e. The summed E-state index contributed by atoms with van der Waals surface area (Å²) in [6.07, 6.45) is -1.98. The molecule has 1 fully saturated rings. The van der Waals surface area contributed by atoms with Crippen molar-refractivity contribution in [1.82, 2.24) is 4.90 Å². The van der Waals surface area contributed by atoms with Crippen LogP contribution in [0.2, 0.25) is 0 Å². The Hall–Kier alpha value is -2.60. The molecule has 5 nitrogen and oxygen atoms in total. The van der Waals surface area contributed by atoms with Crippen molar-refractivity contribution >= 4 is 6.09 Å². The van der Waals surface area contributed by atoms with Gasteiger partial charge < -0.3 is 19.5 Å². The zero-order valence-electron chi connectivity index (χ0n) is 13.0. The van der Waals surface area contributed by atoms with Crippen LogP contribution in [0.3, 0.4) is 0 Å². The predicted octanol–water partition coefficient (Wildman–Crippen LogP) is 2.59. The number of ether oxygens (including phenoxy) is 2. The summed E-state index contributed by atoms with van der Waals surface area (Å²) in [6.45, 7) is 0.473. The number of hydrogen-bond acceptors (Lipinski definition) is 4. The van der Waals surface area contributed by atoms with E-state index < -0.39 is 24.1 Å². The van der Waals surface area contributed by atoms with Gasteiger partial charge in [-0.1, -0.05) is 36.4 Å². The van der Waals surface area contributed by atoms with Crippen LogP contribution in [0.5, 0.6) is 5.75 Å². The van der Waals surface area contributed by atoms with Gasteiger partial charge in [0.15, 0.2) is 0 Å². The van der Waals surface area contributed by atoms with Gasteiger partial charge in [-0.2, -0.15) is 0 Å². The van der Waals surface area contributed by atoms with Crippen molar-refractivity contribution in [2.24, 2.45) is 0 Å². The predicted molar refractivity (Wildman–Crippen MR) is 85.0 cm³/mol. The lowest BCUT2D eigenvalue weighted by molar-refractivity contribution is 0.0733. The lowest BCUT2D eigenvalue weighted by atomic mass is 10.2. The fourth-order valence-corrected chi connectivity index (χ4v) is 2.55. The smallest absolute Gasteiger partial charge is 0.410 e. The molecule has 0 spiro atoms.